The van der Waals surface area contributed by atoms with Crippen LogP contribution in [0, 0.1) is 3.57 Å². The van der Waals surface area contributed by atoms with Crippen LogP contribution in [0.2, 0.25) is 0 Å². The standard InChI is InChI=1S/C15H20IN3/c1-3-9-19-10-8-18-15(19)11-14(17-2)12-6-4-5-7-13(12)16/h4-8,10,14,17H,3,9,11H2,1-2H3. The average Bonchev–Trinajstić information content (AvgIpc) is 2.85. The fourth-order valence-corrected chi connectivity index (χ4v) is 3.05. The summed E-state index contributed by atoms with van der Waals surface area (Å²) < 4.78 is 3.55. The topological polar surface area (TPSA) is 29.9 Å². The average molecular weight is 369 g/mol. The highest BCUT2D eigenvalue weighted by molar-refractivity contribution is 14.1. The number of aryl methyl sites for hydroxylation is 1. The molecule has 3 nitrogen and oxygen atoms in total. The fraction of sp³-hybridized carbons (Fsp3) is 0.400. The van der Waals surface area contributed by atoms with Crippen molar-refractivity contribution in [2.75, 3.05) is 7.05 Å². The van der Waals surface area contributed by atoms with Gasteiger partial charge in [-0.1, -0.05) is 25.1 Å². The second-order valence-corrected chi connectivity index (χ2v) is 5.77. The van der Waals surface area contributed by atoms with Crippen molar-refractivity contribution in [2.24, 2.45) is 0 Å². The number of hydrogen-bond acceptors (Lipinski definition) is 2. The number of benzene rings is 1. The molecule has 4 heteroatoms. The molecule has 0 aliphatic carbocycles. The fourth-order valence-electron chi connectivity index (χ4n) is 2.28. The third-order valence-electron chi connectivity index (χ3n) is 3.28. The van der Waals surface area contributed by atoms with Gasteiger partial charge in [0.1, 0.15) is 5.82 Å². The summed E-state index contributed by atoms with van der Waals surface area (Å²) in [6, 6.07) is 8.83. The van der Waals surface area contributed by atoms with Crippen molar-refractivity contribution < 1.29 is 0 Å². The van der Waals surface area contributed by atoms with Gasteiger partial charge in [-0.25, -0.2) is 4.98 Å². The minimum Gasteiger partial charge on any atom is -0.335 e. The van der Waals surface area contributed by atoms with Gasteiger partial charge in [0.05, 0.1) is 0 Å². The molecular weight excluding hydrogens is 349 g/mol. The Kier molecular flexibility index (Phi) is 5.39. The number of aromatic nitrogens is 2. The molecule has 1 unspecified atom stereocenters. The second-order valence-electron chi connectivity index (χ2n) is 4.60. The van der Waals surface area contributed by atoms with Gasteiger partial charge in [-0.3, -0.25) is 0 Å². The molecule has 0 fully saturated rings. The van der Waals surface area contributed by atoms with Crippen LogP contribution in [0.3, 0.4) is 0 Å². The van der Waals surface area contributed by atoms with Crippen molar-refractivity contribution in [3.05, 3.63) is 51.6 Å². The molecule has 1 aromatic heterocycles. The molecule has 0 saturated heterocycles. The number of imidazole rings is 1. The van der Waals surface area contributed by atoms with Crippen molar-refractivity contribution in [1.82, 2.24) is 14.9 Å². The lowest BCUT2D eigenvalue weighted by Gasteiger charge is -2.18. The number of rotatable bonds is 6. The largest absolute Gasteiger partial charge is 0.335 e. The molecule has 0 amide bonds. The molecule has 1 N–H and O–H groups in total. The Morgan fingerprint density at radius 3 is 2.84 bits per heavy atom. The molecule has 2 aromatic rings. The Hall–Kier alpha value is -0.880. The van der Waals surface area contributed by atoms with E-state index in [1.807, 2.05) is 13.2 Å². The number of nitrogens with one attached hydrogen (secondary N) is 1. The smallest absolute Gasteiger partial charge is 0.110 e. The molecule has 0 radical (unpaired) electrons. The van der Waals surface area contributed by atoms with E-state index in [1.54, 1.807) is 0 Å². The van der Waals surface area contributed by atoms with Gasteiger partial charge in [0.2, 0.25) is 0 Å². The van der Waals surface area contributed by atoms with E-state index in [-0.39, 0.29) is 0 Å². The van der Waals surface area contributed by atoms with Crippen LogP contribution in [0.25, 0.3) is 0 Å². The molecule has 1 atom stereocenters. The zero-order chi connectivity index (χ0) is 13.7. The van der Waals surface area contributed by atoms with Gasteiger partial charge >= 0.3 is 0 Å². The van der Waals surface area contributed by atoms with Crippen molar-refractivity contribution in [3.63, 3.8) is 0 Å². The van der Waals surface area contributed by atoms with Gasteiger partial charge < -0.3 is 9.88 Å². The third kappa shape index (κ3) is 3.57. The monoisotopic (exact) mass is 369 g/mol. The highest BCUT2D eigenvalue weighted by atomic mass is 127. The lowest BCUT2D eigenvalue weighted by atomic mass is 10.0. The Bertz CT molecular complexity index is 522. The van der Waals surface area contributed by atoms with Gasteiger partial charge in [-0.15, -0.1) is 0 Å². The van der Waals surface area contributed by atoms with E-state index in [2.05, 4.69) is 74.8 Å². The summed E-state index contributed by atoms with van der Waals surface area (Å²) in [5, 5.41) is 3.41. The highest BCUT2D eigenvalue weighted by Gasteiger charge is 2.15. The van der Waals surface area contributed by atoms with Crippen LogP contribution in [-0.2, 0) is 13.0 Å². The normalized spacial score (nSPS) is 12.6. The number of likely N-dealkylation sites (N-methyl/N-ethyl adjacent to an activating group) is 1. The first-order chi connectivity index (χ1) is 9.26. The molecule has 19 heavy (non-hydrogen) atoms. The zero-order valence-electron chi connectivity index (χ0n) is 11.4. The number of hydrogen-bond donors (Lipinski definition) is 1. The predicted molar refractivity (Wildman–Crippen MR) is 87.2 cm³/mol. The molecule has 0 saturated carbocycles. The Morgan fingerprint density at radius 2 is 2.16 bits per heavy atom. The second kappa shape index (κ2) is 7.05. The maximum atomic E-state index is 4.50. The van der Waals surface area contributed by atoms with Gasteiger partial charge in [-0.2, -0.15) is 0 Å². The molecule has 0 aliphatic heterocycles. The first kappa shape index (κ1) is 14.5. The van der Waals surface area contributed by atoms with E-state index < -0.39 is 0 Å². The van der Waals surface area contributed by atoms with E-state index in [4.69, 9.17) is 0 Å². The molecule has 2 rings (SSSR count). The molecular formula is C15H20IN3. The molecule has 1 aromatic carbocycles. The van der Waals surface area contributed by atoms with Crippen molar-refractivity contribution in [1.29, 1.82) is 0 Å². The zero-order valence-corrected chi connectivity index (χ0v) is 13.6. The summed E-state index contributed by atoms with van der Waals surface area (Å²) in [5.41, 5.74) is 1.34. The van der Waals surface area contributed by atoms with E-state index in [0.29, 0.717) is 6.04 Å². The van der Waals surface area contributed by atoms with Crippen molar-refractivity contribution in [2.45, 2.75) is 32.4 Å². The summed E-state index contributed by atoms with van der Waals surface area (Å²) in [6.07, 6.45) is 6.02. The summed E-state index contributed by atoms with van der Waals surface area (Å²) >= 11 is 2.40. The minimum atomic E-state index is 0.311. The Morgan fingerprint density at radius 1 is 1.37 bits per heavy atom. The maximum absolute atomic E-state index is 4.50. The van der Waals surface area contributed by atoms with Crippen LogP contribution in [-0.4, -0.2) is 16.6 Å². The van der Waals surface area contributed by atoms with E-state index in [0.717, 1.165) is 25.2 Å². The van der Waals surface area contributed by atoms with Crippen molar-refractivity contribution >= 4 is 22.6 Å². The van der Waals surface area contributed by atoms with Crippen LogP contribution < -0.4 is 5.32 Å². The lowest BCUT2D eigenvalue weighted by Crippen LogP contribution is -2.21. The van der Waals surface area contributed by atoms with Gasteiger partial charge in [0.15, 0.2) is 0 Å². The van der Waals surface area contributed by atoms with Crippen LogP contribution in [0.5, 0.6) is 0 Å². The summed E-state index contributed by atoms with van der Waals surface area (Å²) in [4.78, 5) is 4.50. The lowest BCUT2D eigenvalue weighted by molar-refractivity contribution is 0.541. The first-order valence-electron chi connectivity index (χ1n) is 6.68. The SMILES string of the molecule is CCCn1ccnc1CC(NC)c1ccccc1I. The first-order valence-corrected chi connectivity index (χ1v) is 7.75. The van der Waals surface area contributed by atoms with Crippen LogP contribution in [0.1, 0.15) is 30.8 Å². The summed E-state index contributed by atoms with van der Waals surface area (Å²) in [6.45, 7) is 3.23. The molecule has 1 heterocycles. The van der Waals surface area contributed by atoms with Crippen molar-refractivity contribution in [3.8, 4) is 0 Å². The van der Waals surface area contributed by atoms with E-state index in [9.17, 15) is 0 Å². The summed E-state index contributed by atoms with van der Waals surface area (Å²) in [5.74, 6) is 1.15. The molecule has 102 valence electrons. The van der Waals surface area contributed by atoms with Crippen LogP contribution in [0.15, 0.2) is 36.7 Å². The van der Waals surface area contributed by atoms with Crippen LogP contribution in [0.4, 0.5) is 0 Å². The molecule has 0 aliphatic rings. The van der Waals surface area contributed by atoms with Gasteiger partial charge in [0, 0.05) is 35.0 Å². The molecule has 0 spiro atoms. The predicted octanol–water partition coefficient (Wildman–Crippen LogP) is 3.40. The van der Waals surface area contributed by atoms with E-state index in [1.165, 1.54) is 9.13 Å². The van der Waals surface area contributed by atoms with Gasteiger partial charge in [-0.05, 0) is 47.7 Å². The highest BCUT2D eigenvalue weighted by Crippen LogP contribution is 2.22. The maximum Gasteiger partial charge on any atom is 0.110 e. The number of halogens is 1. The quantitative estimate of drug-likeness (QED) is 0.791. The molecule has 0 bridgehead atoms. The third-order valence-corrected chi connectivity index (χ3v) is 4.26. The number of nitrogens with zero attached hydrogens (tertiary/aromatic N) is 2. The van der Waals surface area contributed by atoms with Gasteiger partial charge in [0.25, 0.3) is 0 Å². The minimum absolute atomic E-state index is 0.311. The van der Waals surface area contributed by atoms with E-state index >= 15 is 0 Å². The summed E-state index contributed by atoms with van der Waals surface area (Å²) in [7, 11) is 2.01. The Labute approximate surface area is 128 Å². The van der Waals surface area contributed by atoms with Crippen LogP contribution >= 0.6 is 22.6 Å². The Balaban J connectivity index is 2.19.